The van der Waals surface area contributed by atoms with Crippen LogP contribution in [0.3, 0.4) is 0 Å². The number of carbonyl (C=O) groups excluding carboxylic acids is 1. The van der Waals surface area contributed by atoms with Crippen molar-refractivity contribution in [3.8, 4) is 22.8 Å². The summed E-state index contributed by atoms with van der Waals surface area (Å²) in [6, 6.07) is 4.26. The van der Waals surface area contributed by atoms with E-state index >= 15 is 0 Å². The van der Waals surface area contributed by atoms with Gasteiger partial charge in [0, 0.05) is 42.2 Å². The van der Waals surface area contributed by atoms with Gasteiger partial charge in [-0.1, -0.05) is 6.92 Å². The Morgan fingerprint density at radius 2 is 1.69 bits per heavy atom. The molecule has 1 aromatic carbocycles. The second-order valence-electron chi connectivity index (χ2n) is 9.88. The van der Waals surface area contributed by atoms with E-state index in [1.165, 1.54) is 12.8 Å². The molecule has 1 aliphatic heterocycles. The predicted octanol–water partition coefficient (Wildman–Crippen LogP) is 3.96. The summed E-state index contributed by atoms with van der Waals surface area (Å²) in [5.41, 5.74) is 8.08. The molecule has 9 heteroatoms. The summed E-state index contributed by atoms with van der Waals surface area (Å²) in [5, 5.41) is 5.62. The van der Waals surface area contributed by atoms with Crippen molar-refractivity contribution in [2.75, 3.05) is 32.2 Å². The Balaban J connectivity index is 1.55. The van der Waals surface area contributed by atoms with E-state index in [1.807, 2.05) is 18.3 Å². The maximum atomic E-state index is 11.6. The third-order valence-corrected chi connectivity index (χ3v) is 7.60. The van der Waals surface area contributed by atoms with Gasteiger partial charge in [-0.3, -0.25) is 9.48 Å². The van der Waals surface area contributed by atoms with Gasteiger partial charge in [0.2, 0.25) is 11.9 Å². The van der Waals surface area contributed by atoms with Crippen molar-refractivity contribution in [1.29, 1.82) is 0 Å². The molecule has 35 heavy (non-hydrogen) atoms. The van der Waals surface area contributed by atoms with Crippen LogP contribution < -0.4 is 20.1 Å². The van der Waals surface area contributed by atoms with E-state index in [0.29, 0.717) is 49.4 Å². The highest BCUT2D eigenvalue weighted by Gasteiger charge is 2.26. The van der Waals surface area contributed by atoms with Crippen LogP contribution in [0.1, 0.15) is 51.5 Å². The molecular weight excluding hydrogens is 444 g/mol. The van der Waals surface area contributed by atoms with E-state index in [2.05, 4.69) is 22.7 Å². The fourth-order valence-electron chi connectivity index (χ4n) is 5.34. The maximum Gasteiger partial charge on any atom is 0.226 e. The van der Waals surface area contributed by atoms with Crippen LogP contribution >= 0.6 is 0 Å². The first-order valence-electron chi connectivity index (χ1n) is 12.5. The van der Waals surface area contributed by atoms with Crippen LogP contribution in [-0.2, 0) is 4.79 Å². The second-order valence-corrected chi connectivity index (χ2v) is 9.88. The highest BCUT2D eigenvalue weighted by atomic mass is 16.5. The maximum absolute atomic E-state index is 11.6. The molecule has 1 amide bonds. The summed E-state index contributed by atoms with van der Waals surface area (Å²) in [6.07, 6.45) is 10.2. The van der Waals surface area contributed by atoms with E-state index < -0.39 is 0 Å². The van der Waals surface area contributed by atoms with Crippen molar-refractivity contribution in [3.63, 3.8) is 0 Å². The summed E-state index contributed by atoms with van der Waals surface area (Å²) in [7, 11) is 3.25. The molecule has 0 bridgehead atoms. The van der Waals surface area contributed by atoms with Gasteiger partial charge in [0.15, 0.2) is 11.5 Å². The molecular formula is C26H34N6O3. The number of piperidine rings is 1. The Labute approximate surface area is 205 Å². The summed E-state index contributed by atoms with van der Waals surface area (Å²) in [5.74, 6) is 2.36. The molecule has 0 radical (unpaired) electrons. The van der Waals surface area contributed by atoms with Crippen LogP contribution in [0.25, 0.3) is 22.2 Å². The smallest absolute Gasteiger partial charge is 0.226 e. The average molecular weight is 479 g/mol. The van der Waals surface area contributed by atoms with Gasteiger partial charge in [0.25, 0.3) is 0 Å². The fourth-order valence-corrected chi connectivity index (χ4v) is 5.34. The SMILES string of the molecule is COc1cc2nc(N3CCC(C(N)=O)CC3)nc(-c3cnn(C4CCC(C)CC4)c3)c2cc1OC. The number of primary amides is 1. The number of amides is 1. The zero-order valence-electron chi connectivity index (χ0n) is 20.7. The van der Waals surface area contributed by atoms with Gasteiger partial charge in [-0.2, -0.15) is 5.10 Å². The number of rotatable bonds is 6. The molecule has 1 saturated heterocycles. The van der Waals surface area contributed by atoms with Crippen LogP contribution in [0, 0.1) is 11.8 Å². The van der Waals surface area contributed by atoms with Crippen molar-refractivity contribution < 1.29 is 14.3 Å². The molecule has 2 fully saturated rings. The van der Waals surface area contributed by atoms with Crippen molar-refractivity contribution in [2.24, 2.45) is 17.6 Å². The Bertz CT molecular complexity index is 1210. The molecule has 2 aromatic heterocycles. The number of hydrogen-bond donors (Lipinski definition) is 1. The van der Waals surface area contributed by atoms with Gasteiger partial charge in [0.05, 0.1) is 37.7 Å². The third kappa shape index (κ3) is 4.63. The molecule has 2 N–H and O–H groups in total. The molecule has 3 heterocycles. The Kier molecular flexibility index (Phi) is 6.49. The number of aromatic nitrogens is 4. The number of nitrogens with two attached hydrogens (primary N) is 1. The monoisotopic (exact) mass is 478 g/mol. The summed E-state index contributed by atoms with van der Waals surface area (Å²) in [4.78, 5) is 23.7. The number of benzene rings is 1. The van der Waals surface area contributed by atoms with Gasteiger partial charge in [0.1, 0.15) is 0 Å². The topological polar surface area (TPSA) is 108 Å². The van der Waals surface area contributed by atoms with Gasteiger partial charge in [-0.05, 0) is 50.5 Å². The molecule has 2 aliphatic rings. The van der Waals surface area contributed by atoms with Crippen LogP contribution in [-0.4, -0.2) is 53.0 Å². The number of fused-ring (bicyclic) bond motifs is 1. The van der Waals surface area contributed by atoms with E-state index in [1.54, 1.807) is 14.2 Å². The zero-order chi connectivity index (χ0) is 24.5. The lowest BCUT2D eigenvalue weighted by Gasteiger charge is -2.31. The first-order valence-corrected chi connectivity index (χ1v) is 12.5. The van der Waals surface area contributed by atoms with Crippen molar-refractivity contribution in [3.05, 3.63) is 24.5 Å². The highest BCUT2D eigenvalue weighted by Crippen LogP contribution is 2.38. The van der Waals surface area contributed by atoms with Gasteiger partial charge in [-0.25, -0.2) is 9.97 Å². The van der Waals surface area contributed by atoms with Crippen LogP contribution in [0.5, 0.6) is 11.5 Å². The largest absolute Gasteiger partial charge is 0.493 e. The number of methoxy groups -OCH3 is 2. The summed E-state index contributed by atoms with van der Waals surface area (Å²) >= 11 is 0. The molecule has 186 valence electrons. The lowest BCUT2D eigenvalue weighted by Crippen LogP contribution is -2.39. The first kappa shape index (κ1) is 23.4. The Morgan fingerprint density at radius 1 is 1.00 bits per heavy atom. The summed E-state index contributed by atoms with van der Waals surface area (Å²) in [6.45, 7) is 3.70. The quantitative estimate of drug-likeness (QED) is 0.571. The number of hydrogen-bond acceptors (Lipinski definition) is 7. The van der Waals surface area contributed by atoms with Crippen LogP contribution in [0.4, 0.5) is 5.95 Å². The molecule has 5 rings (SSSR count). The highest BCUT2D eigenvalue weighted by molar-refractivity contribution is 5.95. The minimum atomic E-state index is -0.230. The first-order chi connectivity index (χ1) is 17.0. The zero-order valence-corrected chi connectivity index (χ0v) is 20.7. The van der Waals surface area contributed by atoms with Gasteiger partial charge in [-0.15, -0.1) is 0 Å². The standard InChI is InChI=1S/C26H34N6O3/c1-16-4-6-19(7-5-16)32-15-18(14-28-32)24-20-12-22(34-2)23(35-3)13-21(20)29-26(30-24)31-10-8-17(9-11-31)25(27)33/h12-17,19H,4-11H2,1-3H3,(H2,27,33). The molecule has 9 nitrogen and oxygen atoms in total. The number of carbonyl (C=O) groups is 1. The molecule has 1 saturated carbocycles. The van der Waals surface area contributed by atoms with E-state index in [0.717, 1.165) is 40.9 Å². The number of ether oxygens (including phenoxy) is 2. The Hall–Kier alpha value is -3.36. The minimum absolute atomic E-state index is 0.0908. The van der Waals surface area contributed by atoms with E-state index in [4.69, 9.17) is 30.3 Å². The van der Waals surface area contributed by atoms with E-state index in [9.17, 15) is 4.79 Å². The number of nitrogens with zero attached hydrogens (tertiary/aromatic N) is 5. The Morgan fingerprint density at radius 3 is 2.34 bits per heavy atom. The van der Waals surface area contributed by atoms with Gasteiger partial charge < -0.3 is 20.1 Å². The minimum Gasteiger partial charge on any atom is -0.493 e. The number of anilines is 1. The normalized spacial score (nSPS) is 21.3. The summed E-state index contributed by atoms with van der Waals surface area (Å²) < 4.78 is 13.2. The van der Waals surface area contributed by atoms with Crippen LogP contribution in [0.15, 0.2) is 24.5 Å². The van der Waals surface area contributed by atoms with Crippen molar-refractivity contribution in [1.82, 2.24) is 19.7 Å². The molecule has 1 aliphatic carbocycles. The molecule has 0 unspecified atom stereocenters. The average Bonchev–Trinajstić information content (AvgIpc) is 3.37. The molecule has 0 spiro atoms. The predicted molar refractivity (Wildman–Crippen MR) is 135 cm³/mol. The van der Waals surface area contributed by atoms with E-state index in [-0.39, 0.29) is 11.8 Å². The van der Waals surface area contributed by atoms with Crippen molar-refractivity contribution in [2.45, 2.75) is 51.5 Å². The van der Waals surface area contributed by atoms with Gasteiger partial charge >= 0.3 is 0 Å². The molecule has 0 atom stereocenters. The third-order valence-electron chi connectivity index (χ3n) is 7.60. The van der Waals surface area contributed by atoms with Crippen molar-refractivity contribution >= 4 is 22.8 Å². The van der Waals surface area contributed by atoms with Crippen LogP contribution in [0.2, 0.25) is 0 Å². The lowest BCUT2D eigenvalue weighted by atomic mass is 9.87. The fraction of sp³-hybridized carbons (Fsp3) is 0.538. The lowest BCUT2D eigenvalue weighted by molar-refractivity contribution is -0.122. The second kappa shape index (κ2) is 9.71. The molecule has 3 aromatic rings.